The van der Waals surface area contributed by atoms with Crippen molar-refractivity contribution in [1.29, 1.82) is 0 Å². The van der Waals surface area contributed by atoms with E-state index in [0.29, 0.717) is 17.6 Å². The second kappa shape index (κ2) is 3.87. The molecule has 0 saturated carbocycles. The maximum absolute atomic E-state index is 14.2. The summed E-state index contributed by atoms with van der Waals surface area (Å²) in [5, 5.41) is 4.21. The van der Waals surface area contributed by atoms with Crippen LogP contribution in [0.15, 0.2) is 11.0 Å². The molecule has 0 fully saturated rings. The molecule has 2 aromatic rings. The van der Waals surface area contributed by atoms with Crippen LogP contribution < -0.4 is 5.56 Å². The van der Waals surface area contributed by atoms with Gasteiger partial charge in [0.2, 0.25) is 0 Å². The SMILES string of the molecule is CSn1ncc2c(c(F)c3n2CCCC3)c1=O. The van der Waals surface area contributed by atoms with Gasteiger partial charge in [-0.3, -0.25) is 4.79 Å². The predicted octanol–water partition coefficient (Wildman–Crippen LogP) is 1.80. The highest BCUT2D eigenvalue weighted by atomic mass is 32.2. The molecule has 0 bridgehead atoms. The van der Waals surface area contributed by atoms with Crippen LogP contribution >= 0.6 is 11.9 Å². The molecule has 0 aromatic carbocycles. The lowest BCUT2D eigenvalue weighted by Gasteiger charge is -2.15. The van der Waals surface area contributed by atoms with E-state index in [9.17, 15) is 9.18 Å². The van der Waals surface area contributed by atoms with Gasteiger partial charge >= 0.3 is 0 Å². The summed E-state index contributed by atoms with van der Waals surface area (Å²) in [6, 6.07) is 0. The standard InChI is InChI=1S/C11H12FN3OS/c1-17-15-11(16)9-8(6-13-15)14-5-3-2-4-7(14)10(9)12/h6H,2-5H2,1H3. The van der Waals surface area contributed by atoms with Gasteiger partial charge in [-0.25, -0.2) is 4.39 Å². The van der Waals surface area contributed by atoms with E-state index < -0.39 is 0 Å². The second-order valence-electron chi connectivity index (χ2n) is 4.13. The molecule has 0 aliphatic carbocycles. The zero-order valence-electron chi connectivity index (χ0n) is 9.44. The van der Waals surface area contributed by atoms with Gasteiger partial charge in [-0.15, -0.1) is 0 Å². The second-order valence-corrected chi connectivity index (χ2v) is 4.85. The molecule has 6 heteroatoms. The van der Waals surface area contributed by atoms with Gasteiger partial charge in [0.15, 0.2) is 5.82 Å². The Morgan fingerprint density at radius 1 is 1.47 bits per heavy atom. The lowest BCUT2D eigenvalue weighted by molar-refractivity contribution is 0.509. The lowest BCUT2D eigenvalue weighted by Crippen LogP contribution is -2.17. The molecule has 0 radical (unpaired) electrons. The number of nitrogens with zero attached hydrogens (tertiary/aromatic N) is 3. The van der Waals surface area contributed by atoms with E-state index in [1.165, 1.54) is 16.0 Å². The van der Waals surface area contributed by atoms with Crippen LogP contribution in [0.3, 0.4) is 0 Å². The largest absolute Gasteiger partial charge is 0.340 e. The van der Waals surface area contributed by atoms with Crippen molar-refractivity contribution >= 4 is 22.9 Å². The Bertz CT molecular complexity index is 646. The average Bonchev–Trinajstić information content (AvgIpc) is 2.65. The van der Waals surface area contributed by atoms with Gasteiger partial charge in [0, 0.05) is 12.8 Å². The fourth-order valence-corrected chi connectivity index (χ4v) is 2.84. The molecule has 2 aromatic heterocycles. The number of fused-ring (bicyclic) bond motifs is 3. The fourth-order valence-electron chi connectivity index (χ4n) is 2.44. The molecule has 0 spiro atoms. The highest BCUT2D eigenvalue weighted by Gasteiger charge is 2.23. The summed E-state index contributed by atoms with van der Waals surface area (Å²) in [5.41, 5.74) is 0.936. The Hall–Kier alpha value is -1.30. The molecule has 0 atom stereocenters. The van der Waals surface area contributed by atoms with Crippen LogP contribution in [0.1, 0.15) is 18.5 Å². The number of aromatic nitrogens is 3. The highest BCUT2D eigenvalue weighted by molar-refractivity contribution is 7.97. The van der Waals surface area contributed by atoms with Crippen LogP contribution in [-0.4, -0.2) is 20.0 Å². The van der Waals surface area contributed by atoms with E-state index in [1.54, 1.807) is 12.5 Å². The molecule has 1 aliphatic rings. The molecule has 90 valence electrons. The van der Waals surface area contributed by atoms with E-state index in [0.717, 1.165) is 19.4 Å². The van der Waals surface area contributed by atoms with Crippen LogP contribution in [0.4, 0.5) is 4.39 Å². The first kappa shape index (κ1) is 10.8. The molecular weight excluding hydrogens is 241 g/mol. The van der Waals surface area contributed by atoms with Crippen molar-refractivity contribution in [2.45, 2.75) is 25.8 Å². The van der Waals surface area contributed by atoms with Gasteiger partial charge in [-0.1, -0.05) is 0 Å². The number of hydrogen-bond acceptors (Lipinski definition) is 3. The summed E-state index contributed by atoms with van der Waals surface area (Å²) >= 11 is 1.18. The van der Waals surface area contributed by atoms with E-state index in [-0.39, 0.29) is 16.8 Å². The molecular formula is C11H12FN3OS. The van der Waals surface area contributed by atoms with E-state index in [2.05, 4.69) is 5.10 Å². The maximum atomic E-state index is 14.2. The first-order chi connectivity index (χ1) is 8.24. The third kappa shape index (κ3) is 1.43. The molecule has 4 nitrogen and oxygen atoms in total. The molecule has 3 heterocycles. The van der Waals surface area contributed by atoms with Gasteiger partial charge in [0.1, 0.15) is 5.39 Å². The molecule has 0 unspecified atom stereocenters. The Morgan fingerprint density at radius 2 is 2.29 bits per heavy atom. The maximum Gasteiger partial charge on any atom is 0.289 e. The summed E-state index contributed by atoms with van der Waals surface area (Å²) in [4.78, 5) is 12.0. The first-order valence-electron chi connectivity index (χ1n) is 5.57. The van der Waals surface area contributed by atoms with Crippen molar-refractivity contribution in [3.05, 3.63) is 28.1 Å². The predicted molar refractivity (Wildman–Crippen MR) is 65.8 cm³/mol. The van der Waals surface area contributed by atoms with Crippen molar-refractivity contribution in [3.63, 3.8) is 0 Å². The highest BCUT2D eigenvalue weighted by Crippen LogP contribution is 2.26. The van der Waals surface area contributed by atoms with Crippen molar-refractivity contribution in [2.24, 2.45) is 0 Å². The van der Waals surface area contributed by atoms with Gasteiger partial charge in [-0.2, -0.15) is 9.19 Å². The average molecular weight is 253 g/mol. The van der Waals surface area contributed by atoms with Gasteiger partial charge in [-0.05, 0) is 31.2 Å². The zero-order valence-corrected chi connectivity index (χ0v) is 10.3. The van der Waals surface area contributed by atoms with Crippen LogP contribution in [0.5, 0.6) is 0 Å². The Morgan fingerprint density at radius 3 is 3.06 bits per heavy atom. The van der Waals surface area contributed by atoms with Crippen molar-refractivity contribution < 1.29 is 4.39 Å². The number of hydrogen-bond donors (Lipinski definition) is 0. The van der Waals surface area contributed by atoms with Crippen LogP contribution in [0.25, 0.3) is 10.9 Å². The number of rotatable bonds is 1. The van der Waals surface area contributed by atoms with Crippen LogP contribution in [-0.2, 0) is 13.0 Å². The smallest absolute Gasteiger partial charge is 0.289 e. The zero-order chi connectivity index (χ0) is 12.0. The third-order valence-electron chi connectivity index (χ3n) is 3.24. The molecule has 17 heavy (non-hydrogen) atoms. The van der Waals surface area contributed by atoms with Crippen molar-refractivity contribution in [3.8, 4) is 0 Å². The van der Waals surface area contributed by atoms with Gasteiger partial charge < -0.3 is 4.57 Å². The number of halogens is 1. The minimum atomic E-state index is -0.352. The topological polar surface area (TPSA) is 39.8 Å². The summed E-state index contributed by atoms with van der Waals surface area (Å²) < 4.78 is 17.3. The van der Waals surface area contributed by atoms with Gasteiger partial charge in [0.05, 0.1) is 17.4 Å². The summed E-state index contributed by atoms with van der Waals surface area (Å²) in [6.45, 7) is 0.778. The van der Waals surface area contributed by atoms with Crippen molar-refractivity contribution in [2.75, 3.05) is 6.26 Å². The molecule has 1 aliphatic heterocycles. The number of aryl methyl sites for hydroxylation is 1. The fraction of sp³-hybridized carbons (Fsp3) is 0.455. The Labute approximate surface area is 102 Å². The van der Waals surface area contributed by atoms with E-state index >= 15 is 0 Å². The minimum Gasteiger partial charge on any atom is -0.340 e. The summed E-state index contributed by atoms with van der Waals surface area (Å²) in [6.07, 6.45) is 6.05. The normalized spacial score (nSPS) is 15.2. The molecule has 0 N–H and O–H groups in total. The van der Waals surface area contributed by atoms with E-state index in [1.807, 2.05) is 4.57 Å². The van der Waals surface area contributed by atoms with Crippen LogP contribution in [0, 0.1) is 5.82 Å². The molecule has 3 rings (SSSR count). The van der Waals surface area contributed by atoms with E-state index in [4.69, 9.17) is 0 Å². The summed E-state index contributed by atoms with van der Waals surface area (Å²) in [5.74, 6) is -0.352. The monoisotopic (exact) mass is 253 g/mol. The molecule has 0 amide bonds. The third-order valence-corrected chi connectivity index (χ3v) is 3.84. The summed E-state index contributed by atoms with van der Waals surface area (Å²) in [7, 11) is 0. The van der Waals surface area contributed by atoms with Crippen molar-refractivity contribution in [1.82, 2.24) is 13.8 Å². The van der Waals surface area contributed by atoms with Gasteiger partial charge in [0.25, 0.3) is 5.56 Å². The Balaban J connectivity index is 2.42. The van der Waals surface area contributed by atoms with Crippen LogP contribution in [0.2, 0.25) is 0 Å². The minimum absolute atomic E-state index is 0.186. The lowest BCUT2D eigenvalue weighted by atomic mass is 10.1. The Kier molecular flexibility index (Phi) is 2.47. The quantitative estimate of drug-likeness (QED) is 0.778. The molecule has 0 saturated heterocycles. The first-order valence-corrected chi connectivity index (χ1v) is 6.75.